The van der Waals surface area contributed by atoms with Gasteiger partial charge in [0.2, 0.25) is 0 Å². The number of carbonyl (C=O) groups is 1. The number of carbonyl (C=O) groups excluding carboxylic acids is 1. The highest BCUT2D eigenvalue weighted by Crippen LogP contribution is 2.40. The number of benzene rings is 1. The molecule has 4 heteroatoms. The molecule has 0 atom stereocenters. The Hall–Kier alpha value is -2.10. The van der Waals surface area contributed by atoms with E-state index in [2.05, 4.69) is 38.1 Å². The monoisotopic (exact) mass is 339 g/mol. The predicted octanol–water partition coefficient (Wildman–Crippen LogP) is 3.95. The Morgan fingerprint density at radius 3 is 2.24 bits per heavy atom. The van der Waals surface area contributed by atoms with Crippen molar-refractivity contribution in [3.8, 4) is 11.3 Å². The summed E-state index contributed by atoms with van der Waals surface area (Å²) in [5.74, 6) is -0.0616. The van der Waals surface area contributed by atoms with Gasteiger partial charge in [0.25, 0.3) is 5.91 Å². The molecule has 1 N–H and O–H groups in total. The number of nitrogens with one attached hydrogen (secondary N) is 1. The van der Waals surface area contributed by atoms with Crippen LogP contribution in [0.5, 0.6) is 0 Å². The lowest BCUT2D eigenvalue weighted by atomic mass is 9.86. The first kappa shape index (κ1) is 17.7. The lowest BCUT2D eigenvalue weighted by molar-refractivity contribution is 0.0936. The minimum atomic E-state index is -0.0616. The molecule has 1 aromatic carbocycles. The van der Waals surface area contributed by atoms with E-state index < -0.39 is 0 Å². The molecule has 1 aromatic heterocycles. The zero-order chi connectivity index (χ0) is 18.5. The van der Waals surface area contributed by atoms with Crippen LogP contribution in [0, 0.1) is 27.7 Å². The largest absolute Gasteiger partial charge is 0.348 e. The van der Waals surface area contributed by atoms with Crippen molar-refractivity contribution in [3.05, 3.63) is 39.1 Å². The fraction of sp³-hybridized carbons (Fsp3) is 0.524. The van der Waals surface area contributed by atoms with Crippen LogP contribution < -0.4 is 5.32 Å². The first-order chi connectivity index (χ1) is 11.7. The third-order valence-corrected chi connectivity index (χ3v) is 5.69. The third kappa shape index (κ3) is 2.78. The van der Waals surface area contributed by atoms with E-state index in [1.54, 1.807) is 0 Å². The maximum absolute atomic E-state index is 12.7. The molecule has 4 nitrogen and oxygen atoms in total. The smallest absolute Gasteiger partial charge is 0.272 e. The molecule has 1 heterocycles. The maximum atomic E-state index is 12.7. The van der Waals surface area contributed by atoms with Crippen molar-refractivity contribution in [2.45, 2.75) is 66.8 Å². The number of nitrogens with zero attached hydrogens (tertiary/aromatic N) is 2. The molecule has 0 radical (unpaired) electrons. The molecule has 0 saturated heterocycles. The molecule has 1 amide bonds. The summed E-state index contributed by atoms with van der Waals surface area (Å²) in [6.45, 7) is 12.8. The molecular weight excluding hydrogens is 310 g/mol. The van der Waals surface area contributed by atoms with Crippen molar-refractivity contribution >= 4 is 5.91 Å². The highest BCUT2D eigenvalue weighted by molar-refractivity contribution is 5.96. The van der Waals surface area contributed by atoms with E-state index in [1.165, 1.54) is 33.4 Å². The van der Waals surface area contributed by atoms with Crippen molar-refractivity contribution in [2.24, 2.45) is 7.05 Å². The fourth-order valence-electron chi connectivity index (χ4n) is 4.10. The van der Waals surface area contributed by atoms with Crippen LogP contribution in [0.3, 0.4) is 0 Å². The molecule has 0 unspecified atom stereocenters. The summed E-state index contributed by atoms with van der Waals surface area (Å²) in [6, 6.07) is 0.108. The molecular formula is C21H29N3O. The minimum absolute atomic E-state index is 0.0616. The van der Waals surface area contributed by atoms with Crippen LogP contribution >= 0.6 is 0 Å². The van der Waals surface area contributed by atoms with Gasteiger partial charge in [-0.3, -0.25) is 9.48 Å². The number of hydrogen-bond acceptors (Lipinski definition) is 2. The van der Waals surface area contributed by atoms with Gasteiger partial charge in [-0.15, -0.1) is 0 Å². The standard InChI is InChI=1S/C21H29N3O/c1-11(2)22-21(25)19-17-10-8-9-16-14(5)12(3)13(4)15(6)18(16)20(17)24(7)23-19/h11H,8-10H2,1-7H3,(H,22,25). The molecule has 2 aromatic rings. The highest BCUT2D eigenvalue weighted by Gasteiger charge is 2.29. The van der Waals surface area contributed by atoms with Crippen molar-refractivity contribution < 1.29 is 4.79 Å². The average molecular weight is 339 g/mol. The summed E-state index contributed by atoms with van der Waals surface area (Å²) >= 11 is 0. The molecule has 3 rings (SSSR count). The summed E-state index contributed by atoms with van der Waals surface area (Å²) in [5, 5.41) is 7.61. The Labute approximate surface area is 150 Å². The van der Waals surface area contributed by atoms with Gasteiger partial charge in [0.1, 0.15) is 0 Å². The Morgan fingerprint density at radius 2 is 1.60 bits per heavy atom. The number of aryl methyl sites for hydroxylation is 1. The van der Waals surface area contributed by atoms with Gasteiger partial charge in [0.15, 0.2) is 5.69 Å². The number of fused-ring (bicyclic) bond motifs is 3. The molecule has 1 aliphatic carbocycles. The van der Waals surface area contributed by atoms with E-state index >= 15 is 0 Å². The van der Waals surface area contributed by atoms with Crippen LogP contribution in [0.2, 0.25) is 0 Å². The van der Waals surface area contributed by atoms with Gasteiger partial charge < -0.3 is 5.32 Å². The second-order valence-electron chi connectivity index (χ2n) is 7.63. The molecule has 0 fully saturated rings. The molecule has 0 saturated carbocycles. The van der Waals surface area contributed by atoms with Crippen LogP contribution in [0.15, 0.2) is 0 Å². The number of amides is 1. The zero-order valence-electron chi connectivity index (χ0n) is 16.5. The van der Waals surface area contributed by atoms with E-state index in [-0.39, 0.29) is 11.9 Å². The van der Waals surface area contributed by atoms with Gasteiger partial charge in [0.05, 0.1) is 5.69 Å². The lowest BCUT2D eigenvalue weighted by Gasteiger charge is -2.20. The first-order valence-electron chi connectivity index (χ1n) is 9.20. The first-order valence-corrected chi connectivity index (χ1v) is 9.20. The van der Waals surface area contributed by atoms with Gasteiger partial charge in [-0.25, -0.2) is 0 Å². The second kappa shape index (κ2) is 6.32. The molecule has 0 aliphatic heterocycles. The van der Waals surface area contributed by atoms with Gasteiger partial charge in [-0.05, 0) is 88.6 Å². The molecule has 134 valence electrons. The van der Waals surface area contributed by atoms with E-state index in [9.17, 15) is 4.79 Å². The van der Waals surface area contributed by atoms with Crippen molar-refractivity contribution in [2.75, 3.05) is 0 Å². The van der Waals surface area contributed by atoms with Crippen LogP contribution in [-0.2, 0) is 19.9 Å². The van der Waals surface area contributed by atoms with Crippen molar-refractivity contribution in [1.82, 2.24) is 15.1 Å². The minimum Gasteiger partial charge on any atom is -0.348 e. The second-order valence-corrected chi connectivity index (χ2v) is 7.63. The van der Waals surface area contributed by atoms with E-state index in [0.717, 1.165) is 30.5 Å². The van der Waals surface area contributed by atoms with E-state index in [1.807, 2.05) is 25.6 Å². The molecule has 0 bridgehead atoms. The maximum Gasteiger partial charge on any atom is 0.272 e. The van der Waals surface area contributed by atoms with Gasteiger partial charge in [-0.1, -0.05) is 0 Å². The number of aromatic nitrogens is 2. The number of rotatable bonds is 2. The predicted molar refractivity (Wildman–Crippen MR) is 102 cm³/mol. The fourth-order valence-corrected chi connectivity index (χ4v) is 4.10. The Bertz CT molecular complexity index is 859. The van der Waals surface area contributed by atoms with E-state index in [0.29, 0.717) is 5.69 Å². The Kier molecular flexibility index (Phi) is 4.48. The van der Waals surface area contributed by atoms with Crippen LogP contribution in [0.4, 0.5) is 0 Å². The van der Waals surface area contributed by atoms with Crippen molar-refractivity contribution in [3.63, 3.8) is 0 Å². The van der Waals surface area contributed by atoms with Crippen LogP contribution in [0.25, 0.3) is 11.3 Å². The van der Waals surface area contributed by atoms with E-state index in [4.69, 9.17) is 0 Å². The van der Waals surface area contributed by atoms with Gasteiger partial charge in [-0.2, -0.15) is 5.10 Å². The topological polar surface area (TPSA) is 46.9 Å². The molecule has 25 heavy (non-hydrogen) atoms. The van der Waals surface area contributed by atoms with Crippen LogP contribution in [-0.4, -0.2) is 21.7 Å². The molecule has 1 aliphatic rings. The summed E-state index contributed by atoms with van der Waals surface area (Å²) in [6.07, 6.45) is 3.01. The Morgan fingerprint density at radius 1 is 1.00 bits per heavy atom. The van der Waals surface area contributed by atoms with Crippen molar-refractivity contribution in [1.29, 1.82) is 0 Å². The zero-order valence-corrected chi connectivity index (χ0v) is 16.5. The molecule has 0 spiro atoms. The summed E-state index contributed by atoms with van der Waals surface area (Å²) < 4.78 is 1.91. The normalized spacial score (nSPS) is 13.4. The summed E-state index contributed by atoms with van der Waals surface area (Å²) in [4.78, 5) is 12.7. The highest BCUT2D eigenvalue weighted by atomic mass is 16.2. The number of hydrogen-bond donors (Lipinski definition) is 1. The summed E-state index contributed by atoms with van der Waals surface area (Å²) in [5.41, 5.74) is 11.0. The lowest BCUT2D eigenvalue weighted by Crippen LogP contribution is -2.31. The van der Waals surface area contributed by atoms with Gasteiger partial charge >= 0.3 is 0 Å². The third-order valence-electron chi connectivity index (χ3n) is 5.69. The Balaban J connectivity index is 2.28. The quantitative estimate of drug-likeness (QED) is 0.900. The van der Waals surface area contributed by atoms with Crippen LogP contribution in [0.1, 0.15) is 64.1 Å². The average Bonchev–Trinajstić information content (AvgIpc) is 2.75. The SMILES string of the molecule is Cc1c(C)c(C)c2c(c1C)CCCc1c(C(=O)NC(C)C)nn(C)c1-2. The van der Waals surface area contributed by atoms with Gasteiger partial charge in [0, 0.05) is 24.2 Å². The summed E-state index contributed by atoms with van der Waals surface area (Å²) in [7, 11) is 1.96.